The lowest BCUT2D eigenvalue weighted by Gasteiger charge is -2.06. The summed E-state index contributed by atoms with van der Waals surface area (Å²) in [5.74, 6) is -0.890. The highest BCUT2D eigenvalue weighted by Gasteiger charge is 2.07. The van der Waals surface area contributed by atoms with Gasteiger partial charge < -0.3 is 10.4 Å². The first kappa shape index (κ1) is 16.8. The maximum atomic E-state index is 11.7. The van der Waals surface area contributed by atoms with Gasteiger partial charge in [0.25, 0.3) is 0 Å². The van der Waals surface area contributed by atoms with Crippen LogP contribution in [-0.4, -0.2) is 23.5 Å². The number of unbranched alkanes of at least 4 members (excludes halogenated alkanes) is 2. The van der Waals surface area contributed by atoms with Crippen molar-refractivity contribution in [2.45, 2.75) is 32.1 Å². The Hall–Kier alpha value is -1.26. The number of hydrogen-bond acceptors (Lipinski definition) is 2. The van der Waals surface area contributed by atoms with Gasteiger partial charge in [-0.1, -0.05) is 35.7 Å². The van der Waals surface area contributed by atoms with E-state index in [0.29, 0.717) is 23.0 Å². The van der Waals surface area contributed by atoms with Gasteiger partial charge in [0.05, 0.1) is 6.42 Å². The Balaban J connectivity index is 2.22. The first-order valence-electron chi connectivity index (χ1n) is 6.41. The van der Waals surface area contributed by atoms with Crippen LogP contribution in [0.15, 0.2) is 18.2 Å². The van der Waals surface area contributed by atoms with Gasteiger partial charge in [0.2, 0.25) is 5.91 Å². The summed E-state index contributed by atoms with van der Waals surface area (Å²) in [5, 5.41) is 12.3. The first-order chi connectivity index (χ1) is 9.49. The third-order valence-electron chi connectivity index (χ3n) is 2.76. The van der Waals surface area contributed by atoms with E-state index in [2.05, 4.69) is 5.32 Å². The van der Waals surface area contributed by atoms with Crippen LogP contribution in [-0.2, 0) is 16.0 Å². The molecule has 4 nitrogen and oxygen atoms in total. The summed E-state index contributed by atoms with van der Waals surface area (Å²) < 4.78 is 0. The van der Waals surface area contributed by atoms with Gasteiger partial charge in [-0.15, -0.1) is 0 Å². The monoisotopic (exact) mass is 317 g/mol. The van der Waals surface area contributed by atoms with Crippen molar-refractivity contribution in [3.8, 4) is 0 Å². The molecule has 0 aliphatic rings. The number of benzene rings is 1. The zero-order chi connectivity index (χ0) is 15.0. The van der Waals surface area contributed by atoms with Crippen LogP contribution in [0.5, 0.6) is 0 Å². The number of carbonyl (C=O) groups is 2. The van der Waals surface area contributed by atoms with E-state index in [1.165, 1.54) is 0 Å². The third kappa shape index (κ3) is 6.78. The van der Waals surface area contributed by atoms with Gasteiger partial charge in [-0.25, -0.2) is 0 Å². The summed E-state index contributed by atoms with van der Waals surface area (Å²) in [4.78, 5) is 22.0. The third-order valence-corrected chi connectivity index (χ3v) is 3.34. The molecule has 0 atom stereocenters. The lowest BCUT2D eigenvalue weighted by atomic mass is 10.1. The van der Waals surface area contributed by atoms with Crippen molar-refractivity contribution >= 4 is 35.1 Å². The molecule has 0 aromatic heterocycles. The minimum atomic E-state index is -0.786. The summed E-state index contributed by atoms with van der Waals surface area (Å²) in [6.07, 6.45) is 2.58. The summed E-state index contributed by atoms with van der Waals surface area (Å²) in [6, 6.07) is 5.04. The molecule has 0 spiro atoms. The topological polar surface area (TPSA) is 66.4 Å². The average Bonchev–Trinajstić information content (AvgIpc) is 2.36. The minimum absolute atomic E-state index is 0.104. The van der Waals surface area contributed by atoms with Crippen molar-refractivity contribution in [1.29, 1.82) is 0 Å². The fourth-order valence-corrected chi connectivity index (χ4v) is 2.18. The van der Waals surface area contributed by atoms with Crippen LogP contribution in [0.1, 0.15) is 31.2 Å². The number of carboxylic acid groups (broad SMARTS) is 1. The second kappa shape index (κ2) is 8.82. The van der Waals surface area contributed by atoms with E-state index in [4.69, 9.17) is 28.3 Å². The molecule has 0 heterocycles. The fraction of sp³-hybridized carbons (Fsp3) is 0.429. The molecule has 0 saturated carbocycles. The number of carboxylic acids is 1. The van der Waals surface area contributed by atoms with E-state index in [0.717, 1.165) is 18.4 Å². The summed E-state index contributed by atoms with van der Waals surface area (Å²) in [6.45, 7) is 0.545. The minimum Gasteiger partial charge on any atom is -0.481 e. The largest absolute Gasteiger partial charge is 0.481 e. The van der Waals surface area contributed by atoms with Crippen LogP contribution in [0, 0.1) is 0 Å². The van der Waals surface area contributed by atoms with E-state index in [-0.39, 0.29) is 18.7 Å². The number of carbonyl (C=O) groups excluding carboxylic acids is 1. The van der Waals surface area contributed by atoms with Crippen LogP contribution in [0.25, 0.3) is 0 Å². The molecule has 2 N–H and O–H groups in total. The molecule has 0 aliphatic heterocycles. The normalized spacial score (nSPS) is 10.3. The molecule has 0 saturated heterocycles. The molecule has 110 valence electrons. The Labute approximate surface area is 128 Å². The van der Waals surface area contributed by atoms with Gasteiger partial charge in [-0.3, -0.25) is 9.59 Å². The zero-order valence-electron chi connectivity index (χ0n) is 11.0. The van der Waals surface area contributed by atoms with E-state index < -0.39 is 5.97 Å². The highest BCUT2D eigenvalue weighted by molar-refractivity contribution is 6.35. The van der Waals surface area contributed by atoms with E-state index in [9.17, 15) is 9.59 Å². The molecule has 0 unspecified atom stereocenters. The van der Waals surface area contributed by atoms with Crippen molar-refractivity contribution in [3.63, 3.8) is 0 Å². The standard InChI is InChI=1S/C14H17Cl2NO3/c15-11-6-5-10(12(16)9-11)8-13(18)17-7-3-1-2-4-14(19)20/h5-6,9H,1-4,7-8H2,(H,17,18)(H,19,20). The van der Waals surface area contributed by atoms with Crippen LogP contribution in [0.2, 0.25) is 10.0 Å². The van der Waals surface area contributed by atoms with E-state index >= 15 is 0 Å². The Morgan fingerprint density at radius 3 is 2.55 bits per heavy atom. The Morgan fingerprint density at radius 2 is 1.90 bits per heavy atom. The van der Waals surface area contributed by atoms with Gasteiger partial charge in [-0.05, 0) is 30.5 Å². The molecule has 20 heavy (non-hydrogen) atoms. The van der Waals surface area contributed by atoms with Crippen molar-refractivity contribution in [1.82, 2.24) is 5.32 Å². The molecule has 0 fully saturated rings. The molecule has 0 radical (unpaired) electrons. The molecule has 1 rings (SSSR count). The van der Waals surface area contributed by atoms with Gasteiger partial charge in [0.15, 0.2) is 0 Å². The molecule has 1 aromatic carbocycles. The van der Waals surface area contributed by atoms with Gasteiger partial charge >= 0.3 is 5.97 Å². The summed E-state index contributed by atoms with van der Waals surface area (Å²) >= 11 is 11.8. The molecule has 0 bridgehead atoms. The van der Waals surface area contributed by atoms with Crippen LogP contribution < -0.4 is 5.32 Å². The fourth-order valence-electron chi connectivity index (χ4n) is 1.71. The second-order valence-corrected chi connectivity index (χ2v) is 5.31. The average molecular weight is 318 g/mol. The molecule has 1 aromatic rings. The molecular weight excluding hydrogens is 301 g/mol. The maximum absolute atomic E-state index is 11.7. The number of nitrogens with one attached hydrogen (secondary N) is 1. The summed E-state index contributed by atoms with van der Waals surface area (Å²) in [5.41, 5.74) is 0.736. The predicted octanol–water partition coefficient (Wildman–Crippen LogP) is 3.30. The second-order valence-electron chi connectivity index (χ2n) is 4.47. The van der Waals surface area contributed by atoms with Crippen LogP contribution in [0.3, 0.4) is 0 Å². The quantitative estimate of drug-likeness (QED) is 0.723. The van der Waals surface area contributed by atoms with Crippen molar-refractivity contribution in [3.05, 3.63) is 33.8 Å². The number of hydrogen-bond donors (Lipinski definition) is 2. The summed E-state index contributed by atoms with van der Waals surface area (Å²) in [7, 11) is 0. The zero-order valence-corrected chi connectivity index (χ0v) is 12.5. The number of rotatable bonds is 8. The molecule has 1 amide bonds. The predicted molar refractivity (Wildman–Crippen MR) is 79.3 cm³/mol. The van der Waals surface area contributed by atoms with Gasteiger partial charge in [0.1, 0.15) is 0 Å². The number of halogens is 2. The molecule has 0 aliphatic carbocycles. The highest BCUT2D eigenvalue weighted by atomic mass is 35.5. The van der Waals surface area contributed by atoms with Crippen LogP contribution >= 0.6 is 23.2 Å². The molecular formula is C14H17Cl2NO3. The van der Waals surface area contributed by atoms with Gasteiger partial charge in [0, 0.05) is 23.0 Å². The van der Waals surface area contributed by atoms with Crippen molar-refractivity contribution in [2.75, 3.05) is 6.54 Å². The van der Waals surface area contributed by atoms with Crippen molar-refractivity contribution < 1.29 is 14.7 Å². The van der Waals surface area contributed by atoms with E-state index in [1.807, 2.05) is 0 Å². The molecule has 6 heteroatoms. The number of aliphatic carboxylic acids is 1. The van der Waals surface area contributed by atoms with Gasteiger partial charge in [-0.2, -0.15) is 0 Å². The lowest BCUT2D eigenvalue weighted by Crippen LogP contribution is -2.26. The van der Waals surface area contributed by atoms with Crippen LogP contribution in [0.4, 0.5) is 0 Å². The lowest BCUT2D eigenvalue weighted by molar-refractivity contribution is -0.137. The Morgan fingerprint density at radius 1 is 1.15 bits per heavy atom. The van der Waals surface area contributed by atoms with Crippen molar-refractivity contribution in [2.24, 2.45) is 0 Å². The first-order valence-corrected chi connectivity index (χ1v) is 7.17. The van der Waals surface area contributed by atoms with E-state index in [1.54, 1.807) is 18.2 Å². The Bertz CT molecular complexity index is 477. The SMILES string of the molecule is O=C(O)CCCCCNC(=O)Cc1ccc(Cl)cc1Cl. The maximum Gasteiger partial charge on any atom is 0.303 e. The number of amides is 1. The Kier molecular flexibility index (Phi) is 7.41. The highest BCUT2D eigenvalue weighted by Crippen LogP contribution is 2.21. The smallest absolute Gasteiger partial charge is 0.303 e.